The molecule has 0 aliphatic carbocycles. The van der Waals surface area contributed by atoms with E-state index in [1.54, 1.807) is 0 Å². The van der Waals surface area contributed by atoms with E-state index < -0.39 is 32.5 Å². The van der Waals surface area contributed by atoms with Gasteiger partial charge in [0.25, 0.3) is 7.82 Å². The quantitative estimate of drug-likeness (QED) is 0.0122. The van der Waals surface area contributed by atoms with Crippen molar-refractivity contribution < 1.29 is 52.2 Å². The molecular weight excluding hydrogens is 709 g/mol. The third-order valence-electron chi connectivity index (χ3n) is 9.20. The maximum Gasteiger partial charge on any atom is 0.306 e. The van der Waals surface area contributed by atoms with Crippen molar-refractivity contribution in [2.24, 2.45) is 0 Å². The Hall–Kier alpha value is -1.59. The van der Waals surface area contributed by atoms with Crippen LogP contribution in [0, 0.1) is 0 Å². The van der Waals surface area contributed by atoms with Gasteiger partial charge in [-0.3, -0.25) is 19.4 Å². The Balaban J connectivity index is 4.48. The molecule has 12 heteroatoms. The van der Waals surface area contributed by atoms with Crippen LogP contribution in [0.4, 0.5) is 0 Å². The fourth-order valence-electron chi connectivity index (χ4n) is 5.75. The first-order chi connectivity index (χ1) is 25.9. The van der Waals surface area contributed by atoms with Crippen LogP contribution in [0.3, 0.4) is 0 Å². The van der Waals surface area contributed by atoms with E-state index >= 15 is 0 Å². The highest BCUT2D eigenvalue weighted by Crippen LogP contribution is 2.38. The molecule has 0 aromatic carbocycles. The average Bonchev–Trinajstić information content (AvgIpc) is 3.12. The van der Waals surface area contributed by atoms with Gasteiger partial charge in [-0.05, 0) is 32.1 Å². The van der Waals surface area contributed by atoms with E-state index in [0.717, 1.165) is 77.0 Å². The summed E-state index contributed by atoms with van der Waals surface area (Å²) in [4.78, 5) is 42.0. The van der Waals surface area contributed by atoms with Gasteiger partial charge in [0.15, 0.2) is 6.10 Å². The summed E-state index contributed by atoms with van der Waals surface area (Å²) in [6.45, 7) is 4.03. The minimum absolute atomic E-state index is 0.0458. The molecule has 0 radical (unpaired) electrons. The fraction of sp³-hybridized carbons (Fsp3) is 0.857. The molecule has 0 fully saturated rings. The Bertz CT molecular complexity index is 1000. The van der Waals surface area contributed by atoms with Gasteiger partial charge in [-0.1, -0.05) is 154 Å². The number of rotatable bonds is 39. The van der Waals surface area contributed by atoms with Crippen molar-refractivity contribution in [3.05, 3.63) is 24.3 Å². The molecule has 318 valence electrons. The molecule has 0 spiro atoms. The second-order valence-corrected chi connectivity index (χ2v) is 17.0. The summed E-state index contributed by atoms with van der Waals surface area (Å²) in [6.07, 6.45) is 32.3. The molecule has 0 heterocycles. The minimum Gasteiger partial charge on any atom is -0.756 e. The Morgan fingerprint density at radius 1 is 0.685 bits per heavy atom. The summed E-state index contributed by atoms with van der Waals surface area (Å²) < 4.78 is 33.8. The first-order valence-electron chi connectivity index (χ1n) is 21.3. The van der Waals surface area contributed by atoms with E-state index in [1.165, 1.54) is 64.2 Å². The monoisotopic (exact) mass is 790 g/mol. The second-order valence-electron chi connectivity index (χ2n) is 15.6. The molecule has 0 amide bonds. The number of ether oxygens (including phenoxy) is 2. The first-order valence-corrected chi connectivity index (χ1v) is 22.8. The molecule has 0 aliphatic heterocycles. The Morgan fingerprint density at radius 2 is 1.20 bits per heavy atom. The molecule has 0 saturated heterocycles. The van der Waals surface area contributed by atoms with Crippen molar-refractivity contribution in [1.82, 2.24) is 0 Å². The number of hydrogen-bond donors (Lipinski definition) is 1. The smallest absolute Gasteiger partial charge is 0.306 e. The van der Waals surface area contributed by atoms with Crippen molar-refractivity contribution in [2.45, 2.75) is 187 Å². The normalized spacial score (nSPS) is 14.4. The second kappa shape index (κ2) is 35.8. The van der Waals surface area contributed by atoms with Crippen LogP contribution < -0.4 is 4.89 Å². The largest absolute Gasteiger partial charge is 0.756 e. The summed E-state index contributed by atoms with van der Waals surface area (Å²) in [5.41, 5.74) is 0. The Morgan fingerprint density at radius 3 is 1.76 bits per heavy atom. The van der Waals surface area contributed by atoms with Crippen LogP contribution in [0.25, 0.3) is 0 Å². The predicted molar refractivity (Wildman–Crippen MR) is 216 cm³/mol. The third-order valence-corrected chi connectivity index (χ3v) is 10.2. The molecule has 0 aliphatic rings. The van der Waals surface area contributed by atoms with Gasteiger partial charge < -0.3 is 27.9 Å². The number of quaternary nitrogens is 1. The summed E-state index contributed by atoms with van der Waals surface area (Å²) in [5.74, 6) is -0.891. The molecule has 1 unspecified atom stereocenters. The number of allylic oxidation sites excluding steroid dienone is 3. The number of likely N-dealkylation sites (N-methyl/N-ethyl adjacent to an activating group) is 1. The van der Waals surface area contributed by atoms with Gasteiger partial charge in [0, 0.05) is 12.8 Å². The lowest BCUT2D eigenvalue weighted by Gasteiger charge is -2.28. The van der Waals surface area contributed by atoms with Crippen LogP contribution in [-0.2, 0) is 37.6 Å². The lowest BCUT2D eigenvalue weighted by atomic mass is 10.0. The lowest BCUT2D eigenvalue weighted by molar-refractivity contribution is -0.870. The number of nitrogens with zero attached hydrogens (tertiary/aromatic N) is 1. The summed E-state index contributed by atoms with van der Waals surface area (Å²) in [5, 5.41) is 9.02. The van der Waals surface area contributed by atoms with Gasteiger partial charge in [-0.15, -0.1) is 0 Å². The van der Waals surface area contributed by atoms with Crippen LogP contribution in [0.2, 0.25) is 0 Å². The fourth-order valence-corrected chi connectivity index (χ4v) is 6.48. The van der Waals surface area contributed by atoms with Gasteiger partial charge in [0.05, 0.1) is 27.7 Å². The molecule has 1 N–H and O–H groups in total. The number of phosphoric acid groups is 1. The number of esters is 2. The van der Waals surface area contributed by atoms with E-state index in [2.05, 4.69) is 24.8 Å². The highest BCUT2D eigenvalue weighted by molar-refractivity contribution is 7.45. The van der Waals surface area contributed by atoms with Gasteiger partial charge in [-0.25, -0.2) is 4.89 Å². The van der Waals surface area contributed by atoms with E-state index in [-0.39, 0.29) is 32.2 Å². The van der Waals surface area contributed by atoms with Crippen LogP contribution >= 0.6 is 7.82 Å². The Labute approximate surface area is 329 Å². The van der Waals surface area contributed by atoms with E-state index in [1.807, 2.05) is 39.4 Å². The first kappa shape index (κ1) is 52.4. The average molecular weight is 790 g/mol. The van der Waals surface area contributed by atoms with Crippen molar-refractivity contribution >= 4 is 19.8 Å². The number of phosphoric ester groups is 1. The van der Waals surface area contributed by atoms with Crippen LogP contribution in [0.15, 0.2) is 24.3 Å². The maximum atomic E-state index is 12.7. The maximum absolute atomic E-state index is 12.7. The number of carbonyl (C=O) groups is 2. The van der Waals surface area contributed by atoms with Crippen molar-refractivity contribution in [1.29, 1.82) is 0 Å². The van der Waals surface area contributed by atoms with Crippen LogP contribution in [0.5, 0.6) is 0 Å². The molecule has 0 rings (SSSR count). The third kappa shape index (κ3) is 37.3. The molecule has 0 aromatic rings. The molecule has 54 heavy (non-hydrogen) atoms. The molecule has 0 saturated carbocycles. The topological polar surface area (TPSA) is 141 Å². The van der Waals surface area contributed by atoms with E-state index in [9.17, 15) is 19.0 Å². The van der Waals surface area contributed by atoms with E-state index in [4.69, 9.17) is 23.8 Å². The molecule has 11 nitrogen and oxygen atoms in total. The van der Waals surface area contributed by atoms with Crippen molar-refractivity contribution in [3.63, 3.8) is 0 Å². The standard InChI is InChI=1S/C42H80NO10P/c1-6-8-10-11-12-13-14-15-16-19-22-25-29-33-41(44)49-37-40(38-51-54(47,48)50-36-35-43(3,4)5)52-42(45)34-30-26-23-20-17-18-21-24-28-32-39(53-46)31-27-9-7-2/h21,24,28,32,39-40H,6-20,22-23,25-27,29-31,33-38H2,1-5H3,(H-,46,47,48)/b24-21-,32-28+/t39-,40-/m1/s1. The van der Waals surface area contributed by atoms with Gasteiger partial charge >= 0.3 is 11.9 Å². The van der Waals surface area contributed by atoms with Crippen LogP contribution in [0.1, 0.15) is 174 Å². The summed E-state index contributed by atoms with van der Waals surface area (Å²) in [6, 6.07) is 0. The summed E-state index contributed by atoms with van der Waals surface area (Å²) in [7, 11) is 1.11. The number of unbranched alkanes of at least 4 members (excludes halogenated alkanes) is 19. The van der Waals surface area contributed by atoms with Crippen LogP contribution in [-0.4, -0.2) is 81.4 Å². The minimum atomic E-state index is -4.64. The highest BCUT2D eigenvalue weighted by atomic mass is 31.2. The number of carbonyl (C=O) groups excluding carboxylic acids is 2. The predicted octanol–water partition coefficient (Wildman–Crippen LogP) is 10.4. The molecule has 0 bridgehead atoms. The van der Waals surface area contributed by atoms with Gasteiger partial charge in [0.2, 0.25) is 0 Å². The van der Waals surface area contributed by atoms with Crippen molar-refractivity contribution in [3.8, 4) is 0 Å². The lowest BCUT2D eigenvalue weighted by Crippen LogP contribution is -2.37. The van der Waals surface area contributed by atoms with Gasteiger partial charge in [-0.2, -0.15) is 0 Å². The summed E-state index contributed by atoms with van der Waals surface area (Å²) >= 11 is 0. The van der Waals surface area contributed by atoms with Gasteiger partial charge in [0.1, 0.15) is 25.9 Å². The molecule has 3 atom stereocenters. The molecular formula is C42H80NO10P. The van der Waals surface area contributed by atoms with E-state index in [0.29, 0.717) is 17.4 Å². The zero-order chi connectivity index (χ0) is 40.2. The highest BCUT2D eigenvalue weighted by Gasteiger charge is 2.21. The number of hydrogen-bond acceptors (Lipinski definition) is 10. The SMILES string of the molecule is CCCCCCCCCCCCCCCC(=O)OC[C@H](COP(=O)([O-])OCC[N+](C)(C)C)OC(=O)CCCCCCC/C=C\C=C\[C@@H](CCCCC)OO. The zero-order valence-electron chi connectivity index (χ0n) is 35.0. The Kier molecular flexibility index (Phi) is 34.7. The zero-order valence-corrected chi connectivity index (χ0v) is 35.9. The molecule has 0 aromatic heterocycles. The van der Waals surface area contributed by atoms with Crippen molar-refractivity contribution in [2.75, 3.05) is 47.5 Å².